The second-order valence-corrected chi connectivity index (χ2v) is 4.62. The molecule has 0 aliphatic rings. The third kappa shape index (κ3) is 2.68. The first kappa shape index (κ1) is 11.7. The number of hydrogen-bond acceptors (Lipinski definition) is 1. The van der Waals surface area contributed by atoms with Gasteiger partial charge in [0.15, 0.2) is 0 Å². The molecule has 2 rings (SSSR count). The van der Waals surface area contributed by atoms with Gasteiger partial charge in [-0.2, -0.15) is 0 Å². The lowest BCUT2D eigenvalue weighted by Crippen LogP contribution is -1.92. The predicted octanol–water partition coefficient (Wildman–Crippen LogP) is 4.71. The fourth-order valence-electron chi connectivity index (χ4n) is 1.91. The Hall–Kier alpha value is -1.76. The van der Waals surface area contributed by atoms with Crippen molar-refractivity contribution in [2.75, 3.05) is 0 Å². The van der Waals surface area contributed by atoms with E-state index in [1.165, 1.54) is 22.3 Å². The number of aryl methyl sites for hydroxylation is 3. The van der Waals surface area contributed by atoms with Gasteiger partial charge in [-0.25, -0.2) is 0 Å². The zero-order valence-electron chi connectivity index (χ0n) is 10.9. The van der Waals surface area contributed by atoms with Crippen LogP contribution < -0.4 is 4.74 Å². The van der Waals surface area contributed by atoms with Gasteiger partial charge in [0.2, 0.25) is 0 Å². The van der Waals surface area contributed by atoms with Crippen molar-refractivity contribution in [2.45, 2.75) is 27.7 Å². The maximum atomic E-state index is 5.95. The van der Waals surface area contributed by atoms with Crippen LogP contribution in [-0.2, 0) is 0 Å². The van der Waals surface area contributed by atoms with Crippen molar-refractivity contribution in [1.82, 2.24) is 0 Å². The van der Waals surface area contributed by atoms with Gasteiger partial charge in [-0.15, -0.1) is 0 Å². The van der Waals surface area contributed by atoms with E-state index in [9.17, 15) is 0 Å². The Kier molecular flexibility index (Phi) is 3.19. The minimum absolute atomic E-state index is 0.901. The summed E-state index contributed by atoms with van der Waals surface area (Å²) in [6.45, 7) is 8.38. The smallest absolute Gasteiger partial charge is 0.130 e. The highest BCUT2D eigenvalue weighted by atomic mass is 16.5. The molecule has 0 bridgehead atoms. The van der Waals surface area contributed by atoms with Crippen LogP contribution >= 0.6 is 0 Å². The molecule has 0 aliphatic heterocycles. The van der Waals surface area contributed by atoms with Crippen molar-refractivity contribution in [1.29, 1.82) is 0 Å². The van der Waals surface area contributed by atoms with Crippen molar-refractivity contribution in [3.63, 3.8) is 0 Å². The summed E-state index contributed by atoms with van der Waals surface area (Å²) >= 11 is 0. The molecule has 2 aromatic carbocycles. The molecule has 2 aromatic rings. The fourth-order valence-corrected chi connectivity index (χ4v) is 1.91. The highest BCUT2D eigenvalue weighted by Gasteiger charge is 2.05. The molecule has 0 aliphatic carbocycles. The summed E-state index contributed by atoms with van der Waals surface area (Å²) in [5, 5.41) is 0. The van der Waals surface area contributed by atoms with E-state index in [2.05, 4.69) is 52.0 Å². The summed E-state index contributed by atoms with van der Waals surface area (Å²) in [7, 11) is 0. The summed E-state index contributed by atoms with van der Waals surface area (Å²) in [4.78, 5) is 0. The Morgan fingerprint density at radius 2 is 1.59 bits per heavy atom. The molecule has 88 valence electrons. The van der Waals surface area contributed by atoms with E-state index in [1.54, 1.807) is 0 Å². The number of benzene rings is 2. The number of rotatable bonds is 2. The molecule has 0 spiro atoms. The molecule has 0 N–H and O–H groups in total. The van der Waals surface area contributed by atoms with Gasteiger partial charge in [0, 0.05) is 0 Å². The lowest BCUT2D eigenvalue weighted by Gasteiger charge is -2.12. The standard InChI is InChI=1S/C16H18O/c1-11-6-5-7-15(9-11)17-16-10-12(2)8-13(3)14(16)4/h5-10H,1-4H3. The molecule has 0 aromatic heterocycles. The SMILES string of the molecule is Cc1cccc(Oc2cc(C)cc(C)c2C)c1. The molecule has 17 heavy (non-hydrogen) atoms. The maximum absolute atomic E-state index is 5.95. The van der Waals surface area contributed by atoms with Crippen LogP contribution in [0.15, 0.2) is 36.4 Å². The molecule has 1 heteroatoms. The molecule has 0 unspecified atom stereocenters. The van der Waals surface area contributed by atoms with E-state index in [0.717, 1.165) is 11.5 Å². The Balaban J connectivity index is 2.36. The number of hydrogen-bond donors (Lipinski definition) is 0. The van der Waals surface area contributed by atoms with Crippen LogP contribution in [-0.4, -0.2) is 0 Å². The third-order valence-electron chi connectivity index (χ3n) is 2.98. The first-order valence-corrected chi connectivity index (χ1v) is 5.88. The van der Waals surface area contributed by atoms with Crippen LogP contribution in [0, 0.1) is 27.7 Å². The van der Waals surface area contributed by atoms with Crippen LogP contribution in [0.25, 0.3) is 0 Å². The summed E-state index contributed by atoms with van der Waals surface area (Å²) in [6.07, 6.45) is 0. The van der Waals surface area contributed by atoms with Gasteiger partial charge < -0.3 is 4.74 Å². The molecule has 0 radical (unpaired) electrons. The quantitative estimate of drug-likeness (QED) is 0.720. The average Bonchev–Trinajstić information content (AvgIpc) is 2.25. The van der Waals surface area contributed by atoms with Crippen LogP contribution in [0.2, 0.25) is 0 Å². The molecule has 0 heterocycles. The van der Waals surface area contributed by atoms with Gasteiger partial charge >= 0.3 is 0 Å². The second kappa shape index (κ2) is 4.62. The monoisotopic (exact) mass is 226 g/mol. The van der Waals surface area contributed by atoms with Gasteiger partial charge in [0.1, 0.15) is 11.5 Å². The second-order valence-electron chi connectivity index (χ2n) is 4.62. The maximum Gasteiger partial charge on any atom is 0.130 e. The van der Waals surface area contributed by atoms with E-state index in [4.69, 9.17) is 4.74 Å². The zero-order chi connectivity index (χ0) is 12.4. The van der Waals surface area contributed by atoms with Crippen molar-refractivity contribution < 1.29 is 4.74 Å². The zero-order valence-corrected chi connectivity index (χ0v) is 10.9. The number of ether oxygens (including phenoxy) is 1. The summed E-state index contributed by atoms with van der Waals surface area (Å²) < 4.78 is 5.95. The van der Waals surface area contributed by atoms with Crippen LogP contribution in [0.5, 0.6) is 11.5 Å². The summed E-state index contributed by atoms with van der Waals surface area (Å²) in [6, 6.07) is 12.4. The van der Waals surface area contributed by atoms with Gasteiger partial charge in [-0.3, -0.25) is 0 Å². The van der Waals surface area contributed by atoms with Crippen molar-refractivity contribution in [2.24, 2.45) is 0 Å². The highest BCUT2D eigenvalue weighted by Crippen LogP contribution is 2.28. The Bertz CT molecular complexity index is 541. The first-order valence-electron chi connectivity index (χ1n) is 5.88. The Morgan fingerprint density at radius 1 is 0.824 bits per heavy atom. The van der Waals surface area contributed by atoms with Gasteiger partial charge in [0.05, 0.1) is 0 Å². The van der Waals surface area contributed by atoms with Crippen LogP contribution in [0.1, 0.15) is 22.3 Å². The third-order valence-corrected chi connectivity index (χ3v) is 2.98. The molecular formula is C16H18O. The first-order chi connectivity index (χ1) is 8.06. The topological polar surface area (TPSA) is 9.23 Å². The minimum atomic E-state index is 0.901. The van der Waals surface area contributed by atoms with E-state index in [-0.39, 0.29) is 0 Å². The minimum Gasteiger partial charge on any atom is -0.457 e. The van der Waals surface area contributed by atoms with Crippen LogP contribution in [0.3, 0.4) is 0 Å². The highest BCUT2D eigenvalue weighted by molar-refractivity contribution is 5.44. The molecule has 0 fully saturated rings. The normalized spacial score (nSPS) is 10.4. The molecule has 0 amide bonds. The molecule has 0 saturated heterocycles. The van der Waals surface area contributed by atoms with Crippen LogP contribution in [0.4, 0.5) is 0 Å². The van der Waals surface area contributed by atoms with Gasteiger partial charge in [0.25, 0.3) is 0 Å². The van der Waals surface area contributed by atoms with Crippen molar-refractivity contribution in [3.8, 4) is 11.5 Å². The van der Waals surface area contributed by atoms with Crippen molar-refractivity contribution >= 4 is 0 Å². The van der Waals surface area contributed by atoms with E-state index >= 15 is 0 Å². The predicted molar refractivity (Wildman–Crippen MR) is 71.9 cm³/mol. The Labute approximate surface area is 103 Å². The van der Waals surface area contributed by atoms with E-state index in [0.29, 0.717) is 0 Å². The van der Waals surface area contributed by atoms with E-state index < -0.39 is 0 Å². The van der Waals surface area contributed by atoms with Gasteiger partial charge in [-0.05, 0) is 68.1 Å². The average molecular weight is 226 g/mol. The molecular weight excluding hydrogens is 208 g/mol. The Morgan fingerprint density at radius 3 is 2.29 bits per heavy atom. The largest absolute Gasteiger partial charge is 0.457 e. The molecule has 0 atom stereocenters. The lowest BCUT2D eigenvalue weighted by atomic mass is 10.1. The van der Waals surface area contributed by atoms with Gasteiger partial charge in [-0.1, -0.05) is 18.2 Å². The lowest BCUT2D eigenvalue weighted by molar-refractivity contribution is 0.477. The summed E-state index contributed by atoms with van der Waals surface area (Å²) in [5.74, 6) is 1.85. The molecule has 1 nitrogen and oxygen atoms in total. The summed E-state index contributed by atoms with van der Waals surface area (Å²) in [5.41, 5.74) is 4.92. The molecule has 0 saturated carbocycles. The fraction of sp³-hybridized carbons (Fsp3) is 0.250. The van der Waals surface area contributed by atoms with Crippen molar-refractivity contribution in [3.05, 3.63) is 58.7 Å². The van der Waals surface area contributed by atoms with E-state index in [1.807, 2.05) is 12.1 Å².